The number of aliphatic imine (C=N–C) groups is 1. The Morgan fingerprint density at radius 3 is 2.78 bits per heavy atom. The second kappa shape index (κ2) is 12.4. The first-order chi connectivity index (χ1) is 15.2. The Bertz CT molecular complexity index is 924. The molecule has 4 rings (SSSR count). The van der Waals surface area contributed by atoms with Crippen molar-refractivity contribution >= 4 is 29.9 Å². The van der Waals surface area contributed by atoms with Crippen molar-refractivity contribution in [2.24, 2.45) is 4.99 Å². The number of rotatable bonds is 8. The number of likely N-dealkylation sites (tertiary alicyclic amines) is 1. The fraction of sp³-hybridized carbons (Fsp3) is 0.609. The van der Waals surface area contributed by atoms with Crippen LogP contribution in [0.4, 0.5) is 0 Å². The highest BCUT2D eigenvalue weighted by Gasteiger charge is 2.24. The number of fused-ring (bicyclic) bond motifs is 1. The Hall–Kier alpha value is -1.88. The third-order valence-electron chi connectivity index (χ3n) is 6.33. The van der Waals surface area contributed by atoms with Crippen LogP contribution in [0.3, 0.4) is 0 Å². The van der Waals surface area contributed by atoms with Crippen LogP contribution in [0.15, 0.2) is 40.1 Å². The van der Waals surface area contributed by atoms with Crippen LogP contribution < -0.4 is 16.3 Å². The van der Waals surface area contributed by atoms with Crippen molar-refractivity contribution in [1.29, 1.82) is 0 Å². The molecule has 1 saturated heterocycles. The van der Waals surface area contributed by atoms with Gasteiger partial charge in [0.05, 0.1) is 0 Å². The molecule has 2 aliphatic heterocycles. The summed E-state index contributed by atoms with van der Waals surface area (Å²) in [6.45, 7) is 5.24. The van der Waals surface area contributed by atoms with E-state index in [-0.39, 0.29) is 29.7 Å². The second-order valence-corrected chi connectivity index (χ2v) is 8.52. The highest BCUT2D eigenvalue weighted by Crippen LogP contribution is 2.19. The molecule has 32 heavy (non-hydrogen) atoms. The second-order valence-electron chi connectivity index (χ2n) is 8.52. The molecule has 8 nitrogen and oxygen atoms in total. The van der Waals surface area contributed by atoms with Crippen molar-refractivity contribution < 1.29 is 0 Å². The monoisotopic (exact) mass is 553 g/mol. The summed E-state index contributed by atoms with van der Waals surface area (Å²) in [5.41, 5.74) is 1.41. The van der Waals surface area contributed by atoms with Gasteiger partial charge in [-0.25, -0.2) is 9.48 Å². The molecule has 1 fully saturated rings. The molecule has 3 heterocycles. The molecular weight excluding hydrogens is 517 g/mol. The first-order valence-electron chi connectivity index (χ1n) is 11.6. The molecule has 0 saturated carbocycles. The Morgan fingerprint density at radius 1 is 1.16 bits per heavy atom. The highest BCUT2D eigenvalue weighted by molar-refractivity contribution is 14.0. The van der Waals surface area contributed by atoms with Crippen LogP contribution in [-0.2, 0) is 26.1 Å². The van der Waals surface area contributed by atoms with Gasteiger partial charge in [-0.3, -0.25) is 14.5 Å². The maximum Gasteiger partial charge on any atom is 0.345 e. The van der Waals surface area contributed by atoms with Crippen LogP contribution in [0.1, 0.15) is 43.5 Å². The van der Waals surface area contributed by atoms with E-state index in [2.05, 4.69) is 56.0 Å². The van der Waals surface area contributed by atoms with Gasteiger partial charge in [-0.2, -0.15) is 5.10 Å². The molecule has 2 aromatic rings. The zero-order chi connectivity index (χ0) is 21.5. The van der Waals surface area contributed by atoms with Crippen LogP contribution in [0, 0.1) is 0 Å². The fourth-order valence-corrected chi connectivity index (χ4v) is 4.62. The molecule has 1 unspecified atom stereocenters. The average Bonchev–Trinajstić information content (AvgIpc) is 3.38. The van der Waals surface area contributed by atoms with Crippen molar-refractivity contribution in [2.45, 2.75) is 64.2 Å². The van der Waals surface area contributed by atoms with Gasteiger partial charge in [0.15, 0.2) is 5.96 Å². The minimum Gasteiger partial charge on any atom is -0.356 e. The molecule has 0 spiro atoms. The number of halogens is 1. The zero-order valence-corrected chi connectivity index (χ0v) is 21.3. The molecule has 0 radical (unpaired) electrons. The summed E-state index contributed by atoms with van der Waals surface area (Å²) in [6, 6.07) is 11.2. The summed E-state index contributed by atoms with van der Waals surface area (Å²) in [5, 5.41) is 11.4. The smallest absolute Gasteiger partial charge is 0.345 e. The van der Waals surface area contributed by atoms with Crippen molar-refractivity contribution in [1.82, 2.24) is 29.9 Å². The van der Waals surface area contributed by atoms with E-state index in [9.17, 15) is 4.79 Å². The van der Waals surface area contributed by atoms with E-state index >= 15 is 0 Å². The lowest BCUT2D eigenvalue weighted by molar-refractivity contribution is 0.245. The quantitative estimate of drug-likeness (QED) is 0.227. The normalized spacial score (nSPS) is 18.8. The molecular formula is C23H36IN7O. The Labute approximate surface area is 207 Å². The van der Waals surface area contributed by atoms with E-state index < -0.39 is 0 Å². The summed E-state index contributed by atoms with van der Waals surface area (Å²) in [6.07, 6.45) is 6.41. The Balaban J connectivity index is 0.00000289. The van der Waals surface area contributed by atoms with Crippen LogP contribution >= 0.6 is 24.0 Å². The first kappa shape index (κ1) is 24.8. The van der Waals surface area contributed by atoms with Gasteiger partial charge >= 0.3 is 5.69 Å². The number of hydrogen-bond acceptors (Lipinski definition) is 4. The molecule has 2 N–H and O–H groups in total. The molecule has 0 aliphatic carbocycles. The molecule has 9 heteroatoms. The largest absolute Gasteiger partial charge is 0.356 e. The van der Waals surface area contributed by atoms with Crippen LogP contribution in [0.2, 0.25) is 0 Å². The predicted octanol–water partition coefficient (Wildman–Crippen LogP) is 2.22. The summed E-state index contributed by atoms with van der Waals surface area (Å²) >= 11 is 0. The lowest BCUT2D eigenvalue weighted by atomic mass is 10.2. The zero-order valence-electron chi connectivity index (χ0n) is 19.0. The molecule has 1 atom stereocenters. The molecule has 0 bridgehead atoms. The van der Waals surface area contributed by atoms with Crippen LogP contribution in [-0.4, -0.2) is 57.9 Å². The lowest BCUT2D eigenvalue weighted by Crippen LogP contribution is -2.45. The summed E-state index contributed by atoms with van der Waals surface area (Å²) in [4.78, 5) is 19.3. The van der Waals surface area contributed by atoms with Crippen LogP contribution in [0.5, 0.6) is 0 Å². The Kier molecular flexibility index (Phi) is 9.58. The van der Waals surface area contributed by atoms with Crippen molar-refractivity contribution in [2.75, 3.05) is 26.7 Å². The van der Waals surface area contributed by atoms with E-state index in [1.165, 1.54) is 18.4 Å². The van der Waals surface area contributed by atoms with E-state index in [1.807, 2.05) is 4.57 Å². The van der Waals surface area contributed by atoms with Gasteiger partial charge < -0.3 is 10.6 Å². The number of nitrogens with zero attached hydrogens (tertiary/aromatic N) is 5. The van der Waals surface area contributed by atoms with E-state index in [1.54, 1.807) is 11.7 Å². The third kappa shape index (κ3) is 6.34. The van der Waals surface area contributed by atoms with Crippen molar-refractivity contribution in [3.8, 4) is 0 Å². The molecule has 1 aromatic heterocycles. The summed E-state index contributed by atoms with van der Waals surface area (Å²) in [7, 11) is 1.81. The van der Waals surface area contributed by atoms with Crippen LogP contribution in [0.25, 0.3) is 0 Å². The number of hydrogen-bond donors (Lipinski definition) is 2. The first-order valence-corrected chi connectivity index (χ1v) is 11.6. The van der Waals surface area contributed by atoms with Crippen molar-refractivity contribution in [3.05, 3.63) is 52.2 Å². The minimum absolute atomic E-state index is 0. The minimum atomic E-state index is 0. The SMILES string of the molecule is CN=C(NCCCn1nc2n(c1=O)CCCC2)NCC1CCCN1Cc1ccccc1.I. The van der Waals surface area contributed by atoms with Gasteiger partial charge in [0, 0.05) is 52.2 Å². The van der Waals surface area contributed by atoms with Gasteiger partial charge in [-0.05, 0) is 44.2 Å². The lowest BCUT2D eigenvalue weighted by Gasteiger charge is -2.25. The number of nitrogens with one attached hydrogen (secondary N) is 2. The molecule has 176 valence electrons. The van der Waals surface area contributed by atoms with Gasteiger partial charge in [0.1, 0.15) is 5.82 Å². The number of aryl methyl sites for hydroxylation is 2. The van der Waals surface area contributed by atoms with Gasteiger partial charge in [-0.1, -0.05) is 30.3 Å². The predicted molar refractivity (Wildman–Crippen MR) is 139 cm³/mol. The molecule has 2 aliphatic rings. The standard InChI is InChI=1S/C23H35N7O.HI/c1-24-22(25-13-8-16-30-23(31)29-15-6-5-12-21(29)27-30)26-17-20-11-7-14-28(20)18-19-9-3-2-4-10-19;/h2-4,9-10,20H,5-8,11-18H2,1H3,(H2,24,25,26);1H. The van der Waals surface area contributed by atoms with Crippen molar-refractivity contribution in [3.63, 3.8) is 0 Å². The number of guanidine groups is 1. The van der Waals surface area contributed by atoms with Gasteiger partial charge in [0.25, 0.3) is 0 Å². The topological polar surface area (TPSA) is 79.5 Å². The summed E-state index contributed by atoms with van der Waals surface area (Å²) in [5.74, 6) is 1.77. The van der Waals surface area contributed by atoms with E-state index in [0.29, 0.717) is 12.6 Å². The maximum absolute atomic E-state index is 12.4. The highest BCUT2D eigenvalue weighted by atomic mass is 127. The Morgan fingerprint density at radius 2 is 2.00 bits per heavy atom. The number of aromatic nitrogens is 3. The maximum atomic E-state index is 12.4. The third-order valence-corrected chi connectivity index (χ3v) is 6.33. The van der Waals surface area contributed by atoms with E-state index in [0.717, 1.165) is 70.2 Å². The van der Waals surface area contributed by atoms with Gasteiger partial charge in [0.2, 0.25) is 0 Å². The van der Waals surface area contributed by atoms with Gasteiger partial charge in [-0.15, -0.1) is 24.0 Å². The van der Waals surface area contributed by atoms with E-state index in [4.69, 9.17) is 0 Å². The molecule has 0 amide bonds. The molecule has 1 aromatic carbocycles. The average molecular weight is 553 g/mol. The summed E-state index contributed by atoms with van der Waals surface area (Å²) < 4.78 is 3.46. The fourth-order valence-electron chi connectivity index (χ4n) is 4.62. The number of benzene rings is 1.